The van der Waals surface area contributed by atoms with Gasteiger partial charge in [0.1, 0.15) is 15.9 Å². The van der Waals surface area contributed by atoms with Gasteiger partial charge in [-0.3, -0.25) is 4.79 Å². The third-order valence-corrected chi connectivity index (χ3v) is 8.66. The van der Waals surface area contributed by atoms with Gasteiger partial charge in [0.05, 0.1) is 23.3 Å². The highest BCUT2D eigenvalue weighted by molar-refractivity contribution is 7.89. The lowest BCUT2D eigenvalue weighted by molar-refractivity contribution is 0.0925. The Hall–Kier alpha value is -2.66. The summed E-state index contributed by atoms with van der Waals surface area (Å²) in [5.74, 6) is 0. The predicted molar refractivity (Wildman–Crippen MR) is 128 cm³/mol. The summed E-state index contributed by atoms with van der Waals surface area (Å²) in [5.41, 5.74) is 3.83. The molecular weight excluding hydrogens is 460 g/mol. The summed E-state index contributed by atoms with van der Waals surface area (Å²) in [7, 11) is -3.96. The number of aromatic amines is 1. The first-order chi connectivity index (χ1) is 15.8. The summed E-state index contributed by atoms with van der Waals surface area (Å²) >= 11 is 0.975. The highest BCUT2D eigenvalue weighted by atomic mass is 32.2. The van der Waals surface area contributed by atoms with Crippen molar-refractivity contribution in [3.8, 4) is 0 Å². The number of fused-ring (bicyclic) bond motifs is 2. The average molecular weight is 485 g/mol. The van der Waals surface area contributed by atoms with Crippen molar-refractivity contribution in [3.05, 3.63) is 63.4 Å². The van der Waals surface area contributed by atoms with Gasteiger partial charge in [-0.1, -0.05) is 18.2 Å². The van der Waals surface area contributed by atoms with Gasteiger partial charge in [-0.15, -0.1) is 0 Å². The monoisotopic (exact) mass is 484 g/mol. The van der Waals surface area contributed by atoms with Crippen molar-refractivity contribution in [1.82, 2.24) is 18.0 Å². The zero-order chi connectivity index (χ0) is 23.2. The first-order valence-corrected chi connectivity index (χ1v) is 13.0. The highest BCUT2D eigenvalue weighted by Gasteiger charge is 2.32. The second-order valence-electron chi connectivity index (χ2n) is 8.42. The molecule has 1 aliphatic rings. The van der Waals surface area contributed by atoms with Crippen molar-refractivity contribution in [2.75, 3.05) is 13.2 Å². The molecule has 0 unspecified atom stereocenters. The van der Waals surface area contributed by atoms with Gasteiger partial charge >= 0.3 is 0 Å². The zero-order valence-electron chi connectivity index (χ0n) is 18.4. The molecule has 0 aliphatic carbocycles. The van der Waals surface area contributed by atoms with E-state index in [1.165, 1.54) is 4.31 Å². The number of hydrogen-bond donors (Lipinski definition) is 1. The molecule has 2 aromatic heterocycles. The summed E-state index contributed by atoms with van der Waals surface area (Å²) in [6.07, 6.45) is 1.46. The fourth-order valence-electron chi connectivity index (χ4n) is 4.27. The van der Waals surface area contributed by atoms with Crippen molar-refractivity contribution >= 4 is 43.7 Å². The van der Waals surface area contributed by atoms with Crippen LogP contribution < -0.4 is 5.56 Å². The van der Waals surface area contributed by atoms with E-state index in [2.05, 4.69) is 13.7 Å². The van der Waals surface area contributed by atoms with Crippen LogP contribution in [0.1, 0.15) is 29.5 Å². The molecule has 172 valence electrons. The van der Waals surface area contributed by atoms with Crippen LogP contribution in [0, 0.1) is 13.8 Å². The molecule has 0 radical (unpaired) electrons. The number of pyridine rings is 1. The van der Waals surface area contributed by atoms with Crippen LogP contribution in [0.15, 0.2) is 46.1 Å². The molecule has 10 heteroatoms. The fourth-order valence-corrected chi connectivity index (χ4v) is 6.47. The second kappa shape index (κ2) is 8.60. The van der Waals surface area contributed by atoms with E-state index >= 15 is 0 Å². The Kier molecular flexibility index (Phi) is 5.77. The van der Waals surface area contributed by atoms with Gasteiger partial charge in [0.2, 0.25) is 10.0 Å². The Morgan fingerprint density at radius 1 is 1.21 bits per heavy atom. The molecule has 1 aliphatic heterocycles. The zero-order valence-corrected chi connectivity index (χ0v) is 20.0. The first kappa shape index (κ1) is 22.1. The number of sulfonamides is 1. The van der Waals surface area contributed by atoms with Gasteiger partial charge in [0, 0.05) is 25.3 Å². The molecule has 1 fully saturated rings. The molecule has 0 amide bonds. The van der Waals surface area contributed by atoms with Gasteiger partial charge in [-0.25, -0.2) is 8.42 Å². The number of aryl methyl sites for hydroxylation is 2. The van der Waals surface area contributed by atoms with E-state index in [-0.39, 0.29) is 29.6 Å². The minimum Gasteiger partial charge on any atom is -0.377 e. The summed E-state index contributed by atoms with van der Waals surface area (Å²) < 4.78 is 43.1. The summed E-state index contributed by atoms with van der Waals surface area (Å²) in [6.45, 7) is 4.67. The molecule has 33 heavy (non-hydrogen) atoms. The van der Waals surface area contributed by atoms with E-state index in [0.717, 1.165) is 46.6 Å². The predicted octanol–water partition coefficient (Wildman–Crippen LogP) is 3.52. The first-order valence-electron chi connectivity index (χ1n) is 10.8. The topological polar surface area (TPSA) is 105 Å². The van der Waals surface area contributed by atoms with Gasteiger partial charge in [0.15, 0.2) is 0 Å². The molecule has 1 atom stereocenters. The quantitative estimate of drug-likeness (QED) is 0.449. The molecule has 0 bridgehead atoms. The Morgan fingerprint density at radius 3 is 2.85 bits per heavy atom. The van der Waals surface area contributed by atoms with Crippen molar-refractivity contribution in [2.45, 2.75) is 44.2 Å². The number of nitrogens with zero attached hydrogens (tertiary/aromatic N) is 3. The number of ether oxygens (including phenoxy) is 1. The fraction of sp³-hybridized carbons (Fsp3) is 0.348. The van der Waals surface area contributed by atoms with Crippen LogP contribution >= 0.6 is 11.7 Å². The lowest BCUT2D eigenvalue weighted by Gasteiger charge is -2.25. The average Bonchev–Trinajstić information content (AvgIpc) is 3.48. The maximum Gasteiger partial charge on any atom is 0.252 e. The van der Waals surface area contributed by atoms with Gasteiger partial charge < -0.3 is 9.72 Å². The second-order valence-corrected chi connectivity index (χ2v) is 10.9. The smallest absolute Gasteiger partial charge is 0.252 e. The van der Waals surface area contributed by atoms with Crippen molar-refractivity contribution in [3.63, 3.8) is 0 Å². The number of aromatic nitrogens is 3. The summed E-state index contributed by atoms with van der Waals surface area (Å²) in [4.78, 5) is 16.0. The number of rotatable bonds is 6. The Balaban J connectivity index is 1.59. The molecule has 1 saturated heterocycles. The molecule has 3 heterocycles. The Bertz CT molecular complexity index is 1500. The van der Waals surface area contributed by atoms with Gasteiger partial charge in [-0.2, -0.15) is 13.1 Å². The Morgan fingerprint density at radius 2 is 2.06 bits per heavy atom. The van der Waals surface area contributed by atoms with Crippen molar-refractivity contribution in [2.24, 2.45) is 0 Å². The molecular formula is C23H24N4O4S2. The maximum atomic E-state index is 13.8. The van der Waals surface area contributed by atoms with Crippen LogP contribution in [0.4, 0.5) is 0 Å². The van der Waals surface area contributed by atoms with E-state index in [1.54, 1.807) is 24.3 Å². The number of benzene rings is 2. The number of H-pyrrole nitrogens is 1. The third-order valence-electron chi connectivity index (χ3n) is 6.27. The maximum absolute atomic E-state index is 13.8. The van der Waals surface area contributed by atoms with Crippen molar-refractivity contribution in [1.29, 1.82) is 0 Å². The van der Waals surface area contributed by atoms with Gasteiger partial charge in [-0.05, 0) is 61.4 Å². The molecule has 0 saturated carbocycles. The van der Waals surface area contributed by atoms with Crippen LogP contribution in [0.25, 0.3) is 21.9 Å². The molecule has 0 spiro atoms. The van der Waals surface area contributed by atoms with Gasteiger partial charge in [0.25, 0.3) is 5.56 Å². The van der Waals surface area contributed by atoms with E-state index in [4.69, 9.17) is 4.74 Å². The minimum absolute atomic E-state index is 0.0612. The van der Waals surface area contributed by atoms with E-state index in [9.17, 15) is 13.2 Å². The van der Waals surface area contributed by atoms with Crippen LogP contribution in [0.2, 0.25) is 0 Å². The summed E-state index contributed by atoms with van der Waals surface area (Å²) in [5, 5.41) is 0.868. The lowest BCUT2D eigenvalue weighted by Crippen LogP contribution is -2.38. The third kappa shape index (κ3) is 4.08. The van der Waals surface area contributed by atoms with Crippen LogP contribution in [0.3, 0.4) is 0 Å². The highest BCUT2D eigenvalue weighted by Crippen LogP contribution is 2.27. The minimum atomic E-state index is -3.96. The van der Waals surface area contributed by atoms with E-state index in [1.807, 2.05) is 26.0 Å². The normalized spacial score (nSPS) is 16.9. The molecule has 2 aromatic carbocycles. The van der Waals surface area contributed by atoms with Crippen LogP contribution in [0.5, 0.6) is 0 Å². The summed E-state index contributed by atoms with van der Waals surface area (Å²) in [6, 6.07) is 10.7. The molecule has 1 N–H and O–H groups in total. The molecule has 5 rings (SSSR count). The van der Waals surface area contributed by atoms with Crippen LogP contribution in [-0.4, -0.2) is 45.7 Å². The largest absolute Gasteiger partial charge is 0.377 e. The SMILES string of the molecule is Cc1ccc2cc(CN(C[C@@H]3CCCO3)S(=O)(=O)c3cccc4nsnc34)c(=O)[nH]c2c1C. The van der Waals surface area contributed by atoms with Crippen molar-refractivity contribution < 1.29 is 13.2 Å². The van der Waals surface area contributed by atoms with Crippen LogP contribution in [-0.2, 0) is 21.3 Å². The molecule has 8 nitrogen and oxygen atoms in total. The van der Waals surface area contributed by atoms with E-state index < -0.39 is 10.0 Å². The Labute approximate surface area is 195 Å². The van der Waals surface area contributed by atoms with E-state index in [0.29, 0.717) is 23.2 Å². The lowest BCUT2D eigenvalue weighted by atomic mass is 10.0. The standard InChI is InChI=1S/C23H24N4O4S2/c1-14-8-9-16-11-17(23(28)24-21(16)15(14)2)12-27(13-18-5-4-10-31-18)33(29,30)20-7-3-6-19-22(20)26-32-25-19/h3,6-9,11,18H,4-5,10,12-13H2,1-2H3,(H,24,28)/t18-/m0/s1. The number of hydrogen-bond acceptors (Lipinski definition) is 7. The molecule has 4 aromatic rings. The number of nitrogens with one attached hydrogen (secondary N) is 1.